The molecule has 3 aromatic rings. The van der Waals surface area contributed by atoms with E-state index >= 15 is 0 Å². The minimum absolute atomic E-state index is 0.0757. The molecular formula is C18H14N4O3. The molecular weight excluding hydrogens is 320 g/mol. The van der Waals surface area contributed by atoms with Gasteiger partial charge in [-0.1, -0.05) is 24.2 Å². The third-order valence-corrected chi connectivity index (χ3v) is 3.77. The van der Waals surface area contributed by atoms with Crippen molar-refractivity contribution in [2.24, 2.45) is 0 Å². The first-order chi connectivity index (χ1) is 12.0. The number of aromatic nitrogens is 2. The predicted molar refractivity (Wildman–Crippen MR) is 90.6 cm³/mol. The Balaban J connectivity index is 2.13. The number of carbonyl (C=O) groups is 1. The fraction of sp³-hybridized carbons (Fsp3) is 0.111. The molecule has 124 valence electrons. The molecule has 0 aliphatic heterocycles. The quantitative estimate of drug-likeness (QED) is 0.750. The molecule has 1 aromatic carbocycles. The molecule has 0 amide bonds. The van der Waals surface area contributed by atoms with Crippen LogP contribution in [0.15, 0.2) is 40.9 Å². The normalized spacial score (nSPS) is 10.4. The zero-order valence-corrected chi connectivity index (χ0v) is 13.4. The van der Waals surface area contributed by atoms with Crippen LogP contribution in [0.2, 0.25) is 0 Å². The van der Waals surface area contributed by atoms with Crippen LogP contribution in [-0.2, 0) is 6.42 Å². The fourth-order valence-electron chi connectivity index (χ4n) is 2.41. The summed E-state index contributed by atoms with van der Waals surface area (Å²) in [6.07, 6.45) is 0.704. The number of pyridine rings is 1. The SMILES string of the molecule is CCc1cc(-c2cc(-c3ccc(C(=O)O)cc3)nc(N)c2C#N)on1. The number of carboxylic acid groups (broad SMARTS) is 1. The first-order valence-electron chi connectivity index (χ1n) is 7.53. The summed E-state index contributed by atoms with van der Waals surface area (Å²) in [5.41, 5.74) is 8.78. The van der Waals surface area contributed by atoms with Crippen LogP contribution >= 0.6 is 0 Å². The molecule has 0 saturated heterocycles. The van der Waals surface area contributed by atoms with E-state index in [1.165, 1.54) is 12.1 Å². The maximum atomic E-state index is 11.0. The molecule has 0 bridgehead atoms. The lowest BCUT2D eigenvalue weighted by Gasteiger charge is -2.08. The molecule has 2 aromatic heterocycles. The van der Waals surface area contributed by atoms with Crippen molar-refractivity contribution in [3.05, 3.63) is 53.2 Å². The zero-order valence-electron chi connectivity index (χ0n) is 13.4. The second kappa shape index (κ2) is 6.45. The highest BCUT2D eigenvalue weighted by Crippen LogP contribution is 2.31. The van der Waals surface area contributed by atoms with Gasteiger partial charge >= 0.3 is 5.97 Å². The Morgan fingerprint density at radius 2 is 2.04 bits per heavy atom. The minimum Gasteiger partial charge on any atom is -0.478 e. The molecule has 7 heteroatoms. The maximum absolute atomic E-state index is 11.0. The van der Waals surface area contributed by atoms with E-state index in [2.05, 4.69) is 10.1 Å². The first-order valence-corrected chi connectivity index (χ1v) is 7.53. The molecule has 0 spiro atoms. The van der Waals surface area contributed by atoms with Gasteiger partial charge < -0.3 is 15.4 Å². The molecule has 0 fully saturated rings. The lowest BCUT2D eigenvalue weighted by molar-refractivity contribution is 0.0697. The molecule has 0 atom stereocenters. The van der Waals surface area contributed by atoms with Crippen LogP contribution in [0.5, 0.6) is 0 Å². The number of nitrogens with two attached hydrogens (primary N) is 1. The van der Waals surface area contributed by atoms with Crippen molar-refractivity contribution in [1.82, 2.24) is 10.1 Å². The molecule has 0 unspecified atom stereocenters. The van der Waals surface area contributed by atoms with Gasteiger partial charge in [-0.3, -0.25) is 0 Å². The third-order valence-electron chi connectivity index (χ3n) is 3.77. The zero-order chi connectivity index (χ0) is 18.0. The molecule has 0 radical (unpaired) electrons. The van der Waals surface area contributed by atoms with Crippen molar-refractivity contribution in [3.8, 4) is 28.7 Å². The van der Waals surface area contributed by atoms with E-state index in [-0.39, 0.29) is 16.9 Å². The second-order valence-electron chi connectivity index (χ2n) is 5.35. The number of benzene rings is 1. The van der Waals surface area contributed by atoms with E-state index in [0.717, 1.165) is 5.69 Å². The Morgan fingerprint density at radius 3 is 2.60 bits per heavy atom. The summed E-state index contributed by atoms with van der Waals surface area (Å²) in [7, 11) is 0. The van der Waals surface area contributed by atoms with Gasteiger partial charge in [-0.25, -0.2) is 9.78 Å². The summed E-state index contributed by atoms with van der Waals surface area (Å²) in [6.45, 7) is 1.95. The molecule has 3 N–H and O–H groups in total. The minimum atomic E-state index is -1.01. The van der Waals surface area contributed by atoms with E-state index in [9.17, 15) is 10.1 Å². The number of nitrogens with zero attached hydrogens (tertiary/aromatic N) is 3. The number of nitriles is 1. The molecule has 25 heavy (non-hydrogen) atoms. The number of anilines is 1. The van der Waals surface area contributed by atoms with Crippen molar-refractivity contribution in [2.45, 2.75) is 13.3 Å². The smallest absolute Gasteiger partial charge is 0.335 e. The average molecular weight is 334 g/mol. The first kappa shape index (κ1) is 16.2. The number of hydrogen-bond acceptors (Lipinski definition) is 6. The Hall–Kier alpha value is -3.66. The molecule has 0 aliphatic rings. The molecule has 0 aliphatic carbocycles. The standard InChI is InChI=1S/C18H14N4O3/c1-2-12-7-16(25-22-12)13-8-15(21-17(20)14(13)9-19)10-3-5-11(6-4-10)18(23)24/h3-8H,2H2,1H3,(H2,20,21)(H,23,24). The summed E-state index contributed by atoms with van der Waals surface area (Å²) in [4.78, 5) is 15.2. The predicted octanol–water partition coefficient (Wildman–Crippen LogP) is 3.12. The van der Waals surface area contributed by atoms with E-state index in [1.807, 2.05) is 13.0 Å². The van der Waals surface area contributed by atoms with Crippen LogP contribution < -0.4 is 5.73 Å². The van der Waals surface area contributed by atoms with Gasteiger partial charge in [0.15, 0.2) is 5.76 Å². The van der Waals surface area contributed by atoms with Gasteiger partial charge in [0.05, 0.1) is 17.0 Å². The molecule has 7 nitrogen and oxygen atoms in total. The van der Waals surface area contributed by atoms with Gasteiger partial charge in [-0.15, -0.1) is 0 Å². The second-order valence-corrected chi connectivity index (χ2v) is 5.35. The lowest BCUT2D eigenvalue weighted by Crippen LogP contribution is -2.00. The number of rotatable bonds is 4. The monoisotopic (exact) mass is 334 g/mol. The Bertz CT molecular complexity index is 985. The topological polar surface area (TPSA) is 126 Å². The van der Waals surface area contributed by atoms with E-state index < -0.39 is 5.97 Å². The van der Waals surface area contributed by atoms with Crippen molar-refractivity contribution in [1.29, 1.82) is 5.26 Å². The summed E-state index contributed by atoms with van der Waals surface area (Å²) in [5, 5.41) is 22.3. The molecule has 0 saturated carbocycles. The van der Waals surface area contributed by atoms with Crippen LogP contribution in [0.4, 0.5) is 5.82 Å². The van der Waals surface area contributed by atoms with Crippen LogP contribution in [0.25, 0.3) is 22.6 Å². The summed E-state index contributed by atoms with van der Waals surface area (Å²) < 4.78 is 5.32. The number of nitrogen functional groups attached to an aromatic ring is 1. The van der Waals surface area contributed by atoms with Crippen molar-refractivity contribution >= 4 is 11.8 Å². The van der Waals surface area contributed by atoms with Gasteiger partial charge in [-0.05, 0) is 24.6 Å². The van der Waals surface area contributed by atoms with E-state index in [0.29, 0.717) is 29.0 Å². The van der Waals surface area contributed by atoms with Gasteiger partial charge in [0.25, 0.3) is 0 Å². The number of carboxylic acids is 1. The van der Waals surface area contributed by atoms with Crippen LogP contribution in [0.1, 0.15) is 28.5 Å². The van der Waals surface area contributed by atoms with Crippen molar-refractivity contribution < 1.29 is 14.4 Å². The third kappa shape index (κ3) is 3.05. The van der Waals surface area contributed by atoms with Crippen molar-refractivity contribution in [3.63, 3.8) is 0 Å². The summed E-state index contributed by atoms with van der Waals surface area (Å²) in [6, 6.07) is 11.7. The highest BCUT2D eigenvalue weighted by atomic mass is 16.5. The Labute approximate surface area is 143 Å². The summed E-state index contributed by atoms with van der Waals surface area (Å²) >= 11 is 0. The van der Waals surface area contributed by atoms with Gasteiger partial charge in [0, 0.05) is 17.2 Å². The van der Waals surface area contributed by atoms with Crippen LogP contribution in [0.3, 0.4) is 0 Å². The maximum Gasteiger partial charge on any atom is 0.335 e. The largest absolute Gasteiger partial charge is 0.478 e. The van der Waals surface area contributed by atoms with Crippen molar-refractivity contribution in [2.75, 3.05) is 5.73 Å². The van der Waals surface area contributed by atoms with Gasteiger partial charge in [-0.2, -0.15) is 5.26 Å². The molecule has 2 heterocycles. The summed E-state index contributed by atoms with van der Waals surface area (Å²) in [5.74, 6) is -0.494. The Morgan fingerprint density at radius 1 is 1.32 bits per heavy atom. The Kier molecular flexibility index (Phi) is 4.18. The number of hydrogen-bond donors (Lipinski definition) is 2. The average Bonchev–Trinajstić information content (AvgIpc) is 3.10. The van der Waals surface area contributed by atoms with Crippen LogP contribution in [-0.4, -0.2) is 21.2 Å². The van der Waals surface area contributed by atoms with Crippen LogP contribution in [0, 0.1) is 11.3 Å². The number of aryl methyl sites for hydroxylation is 1. The number of aromatic carboxylic acids is 1. The van der Waals surface area contributed by atoms with E-state index in [4.69, 9.17) is 15.4 Å². The van der Waals surface area contributed by atoms with Gasteiger partial charge in [0.1, 0.15) is 17.5 Å². The lowest BCUT2D eigenvalue weighted by atomic mass is 10.0. The molecule has 3 rings (SSSR count). The van der Waals surface area contributed by atoms with Gasteiger partial charge in [0.2, 0.25) is 0 Å². The fourth-order valence-corrected chi connectivity index (χ4v) is 2.41. The van der Waals surface area contributed by atoms with E-state index in [1.54, 1.807) is 24.3 Å². The highest BCUT2D eigenvalue weighted by molar-refractivity contribution is 5.88. The highest BCUT2D eigenvalue weighted by Gasteiger charge is 2.17.